The highest BCUT2D eigenvalue weighted by molar-refractivity contribution is 6.06. The molecule has 0 aliphatic heterocycles. The maximum absolute atomic E-state index is 3.38. The lowest BCUT2D eigenvalue weighted by atomic mass is 10.2. The Bertz CT molecular complexity index is 1270. The normalized spacial score (nSPS) is 9.88. The lowest BCUT2D eigenvalue weighted by molar-refractivity contribution is 1.11. The van der Waals surface area contributed by atoms with Crippen LogP contribution in [0.4, 0.5) is 21.8 Å². The van der Waals surface area contributed by atoms with Gasteiger partial charge in [-0.15, -0.1) is 0 Å². The number of H-pyrrole nitrogens is 1. The molecule has 3 radical (unpaired) electrons. The molecule has 1 aromatic heterocycles. The van der Waals surface area contributed by atoms with Gasteiger partial charge in [-0.05, 0) is 48.5 Å². The molecule has 0 fully saturated rings. The molecule has 0 aliphatic rings. The number of aromatic nitrogens is 1. The minimum absolute atomic E-state index is 0. The van der Waals surface area contributed by atoms with Gasteiger partial charge in [0.05, 0.1) is 0 Å². The molecule has 1 heterocycles. The SMILES string of the molecule is F.[B].c1ccc(N(c2ccccc2)c2ccccc2)cc1.c1ccc2c(c1)[nH]c1ccccc12. The molecule has 0 saturated carbocycles. The summed E-state index contributed by atoms with van der Waals surface area (Å²) in [4.78, 5) is 5.63. The number of nitrogens with zero attached hydrogens (tertiary/aromatic N) is 1. The van der Waals surface area contributed by atoms with Gasteiger partial charge in [-0.1, -0.05) is 91.0 Å². The van der Waals surface area contributed by atoms with E-state index in [0.29, 0.717) is 0 Å². The van der Waals surface area contributed by atoms with Crippen LogP contribution in [-0.2, 0) is 0 Å². The van der Waals surface area contributed by atoms with Crippen LogP contribution >= 0.6 is 0 Å². The van der Waals surface area contributed by atoms with Crippen LogP contribution in [-0.4, -0.2) is 13.4 Å². The van der Waals surface area contributed by atoms with Gasteiger partial charge in [-0.2, -0.15) is 0 Å². The lowest BCUT2D eigenvalue weighted by Gasteiger charge is -2.25. The van der Waals surface area contributed by atoms with E-state index < -0.39 is 0 Å². The van der Waals surface area contributed by atoms with Crippen molar-refractivity contribution in [2.24, 2.45) is 0 Å². The van der Waals surface area contributed by atoms with Crippen molar-refractivity contribution in [3.8, 4) is 0 Å². The molecule has 0 unspecified atom stereocenters. The van der Waals surface area contributed by atoms with Gasteiger partial charge in [-0.3, -0.25) is 4.70 Å². The van der Waals surface area contributed by atoms with Gasteiger partial charge in [-0.25, -0.2) is 0 Å². The molecule has 6 aromatic rings. The number of fused-ring (bicyclic) bond motifs is 3. The molecular formula is C30H25BFN2. The van der Waals surface area contributed by atoms with Crippen LogP contribution in [0.2, 0.25) is 0 Å². The van der Waals surface area contributed by atoms with Crippen molar-refractivity contribution in [3.63, 3.8) is 0 Å². The van der Waals surface area contributed by atoms with Gasteiger partial charge in [0.25, 0.3) is 0 Å². The van der Waals surface area contributed by atoms with Gasteiger partial charge in [0.15, 0.2) is 0 Å². The van der Waals surface area contributed by atoms with Crippen molar-refractivity contribution in [2.45, 2.75) is 0 Å². The molecular weight excluding hydrogens is 418 g/mol. The average Bonchev–Trinajstić information content (AvgIpc) is 3.26. The Morgan fingerprint density at radius 3 is 1.03 bits per heavy atom. The molecule has 0 amide bonds. The number of nitrogens with one attached hydrogen (secondary N) is 1. The molecule has 4 heteroatoms. The number of para-hydroxylation sites is 5. The fourth-order valence-electron chi connectivity index (χ4n) is 3.98. The maximum Gasteiger partial charge on any atom is 0.0464 e. The Morgan fingerprint density at radius 1 is 0.382 bits per heavy atom. The largest absolute Gasteiger partial charge is 0.355 e. The van der Waals surface area contributed by atoms with E-state index in [9.17, 15) is 0 Å². The lowest BCUT2D eigenvalue weighted by Crippen LogP contribution is -2.09. The van der Waals surface area contributed by atoms with E-state index in [1.54, 1.807) is 0 Å². The van der Waals surface area contributed by atoms with E-state index in [1.807, 2.05) is 18.2 Å². The minimum Gasteiger partial charge on any atom is -0.355 e. The standard InChI is InChI=1S/C18H15N.C12H9N.B.FH/c1-4-10-16(11-5-1)19(17-12-6-2-7-13-17)18-14-8-3-9-15-18;1-3-7-11-9(5-1)10-6-2-4-8-12(10)13-11;;/h1-15H;1-8,13H;;1H. The molecule has 1 N–H and O–H groups in total. The van der Waals surface area contributed by atoms with Crippen molar-refractivity contribution in [1.82, 2.24) is 4.98 Å². The van der Waals surface area contributed by atoms with Gasteiger partial charge in [0.2, 0.25) is 0 Å². The van der Waals surface area contributed by atoms with Crippen LogP contribution in [0.5, 0.6) is 0 Å². The van der Waals surface area contributed by atoms with Crippen molar-refractivity contribution < 1.29 is 4.70 Å². The van der Waals surface area contributed by atoms with Gasteiger partial charge >= 0.3 is 0 Å². The molecule has 0 aliphatic carbocycles. The van der Waals surface area contributed by atoms with Crippen molar-refractivity contribution in [1.29, 1.82) is 0 Å². The van der Waals surface area contributed by atoms with Crippen LogP contribution in [0.1, 0.15) is 0 Å². The summed E-state index contributed by atoms with van der Waals surface area (Å²) in [5.41, 5.74) is 5.92. The first-order chi connectivity index (χ1) is 15.9. The van der Waals surface area contributed by atoms with Crippen LogP contribution in [0, 0.1) is 0 Å². The zero-order valence-corrected chi connectivity index (χ0v) is 18.7. The minimum atomic E-state index is 0. The van der Waals surface area contributed by atoms with E-state index in [0.717, 1.165) is 0 Å². The summed E-state index contributed by atoms with van der Waals surface area (Å²) in [6.07, 6.45) is 0. The van der Waals surface area contributed by atoms with Crippen LogP contribution in [0.25, 0.3) is 21.8 Å². The van der Waals surface area contributed by atoms with E-state index in [-0.39, 0.29) is 13.1 Å². The number of hydrogen-bond donors (Lipinski definition) is 1. The van der Waals surface area contributed by atoms with Gasteiger partial charge < -0.3 is 9.88 Å². The molecule has 0 bridgehead atoms. The van der Waals surface area contributed by atoms with Crippen LogP contribution in [0.3, 0.4) is 0 Å². The number of benzene rings is 5. The summed E-state index contributed by atoms with van der Waals surface area (Å²) >= 11 is 0. The summed E-state index contributed by atoms with van der Waals surface area (Å²) in [6.45, 7) is 0. The Kier molecular flexibility index (Phi) is 8.25. The number of hydrogen-bond acceptors (Lipinski definition) is 1. The fraction of sp³-hybridized carbons (Fsp3) is 0. The monoisotopic (exact) mass is 443 g/mol. The predicted molar refractivity (Wildman–Crippen MR) is 145 cm³/mol. The first-order valence-electron chi connectivity index (χ1n) is 10.8. The molecule has 0 spiro atoms. The third-order valence-electron chi connectivity index (χ3n) is 5.46. The van der Waals surface area contributed by atoms with E-state index >= 15 is 0 Å². The highest BCUT2D eigenvalue weighted by Crippen LogP contribution is 2.33. The summed E-state index contributed by atoms with van der Waals surface area (Å²) in [5.74, 6) is 0. The average molecular weight is 443 g/mol. The fourth-order valence-corrected chi connectivity index (χ4v) is 3.98. The van der Waals surface area contributed by atoms with Crippen LogP contribution in [0.15, 0.2) is 140 Å². The Hall–Kier alpha value is -4.31. The molecule has 2 nitrogen and oxygen atoms in total. The van der Waals surface area contributed by atoms with Crippen molar-refractivity contribution in [2.75, 3.05) is 4.90 Å². The van der Waals surface area contributed by atoms with Crippen LogP contribution < -0.4 is 4.90 Å². The summed E-state index contributed by atoms with van der Waals surface area (Å²) in [7, 11) is 0. The third kappa shape index (κ3) is 5.19. The van der Waals surface area contributed by atoms with Gasteiger partial charge in [0.1, 0.15) is 0 Å². The first-order valence-corrected chi connectivity index (χ1v) is 10.8. The smallest absolute Gasteiger partial charge is 0.0464 e. The quantitative estimate of drug-likeness (QED) is 0.273. The zero-order chi connectivity index (χ0) is 21.6. The molecule has 5 aromatic carbocycles. The first kappa shape index (κ1) is 24.3. The number of anilines is 3. The molecule has 0 saturated heterocycles. The summed E-state index contributed by atoms with van der Waals surface area (Å²) in [6, 6.07) is 48.0. The molecule has 6 rings (SSSR count). The third-order valence-corrected chi connectivity index (χ3v) is 5.46. The second-order valence-electron chi connectivity index (χ2n) is 7.56. The van der Waals surface area contributed by atoms with Gasteiger partial charge in [0, 0.05) is 47.3 Å². The van der Waals surface area contributed by atoms with E-state index in [1.165, 1.54) is 38.9 Å². The zero-order valence-electron chi connectivity index (χ0n) is 18.7. The summed E-state index contributed by atoms with van der Waals surface area (Å²) < 4.78 is 0. The molecule has 34 heavy (non-hydrogen) atoms. The maximum atomic E-state index is 3.38. The predicted octanol–water partition coefficient (Wildman–Crippen LogP) is 8.25. The highest BCUT2D eigenvalue weighted by Gasteiger charge is 2.10. The topological polar surface area (TPSA) is 19.0 Å². The highest BCUT2D eigenvalue weighted by atomic mass is 19.0. The number of rotatable bonds is 3. The van der Waals surface area contributed by atoms with E-state index in [2.05, 4.69) is 131 Å². The second-order valence-corrected chi connectivity index (χ2v) is 7.56. The van der Waals surface area contributed by atoms with Crippen molar-refractivity contribution >= 4 is 47.3 Å². The Morgan fingerprint density at radius 2 is 0.676 bits per heavy atom. The molecule has 0 atom stereocenters. The van der Waals surface area contributed by atoms with E-state index in [4.69, 9.17) is 0 Å². The molecule has 165 valence electrons. The second kappa shape index (κ2) is 11.5. The Labute approximate surface area is 201 Å². The number of aromatic amines is 1. The summed E-state index contributed by atoms with van der Waals surface area (Å²) in [5, 5.41) is 2.61. The Balaban J connectivity index is 0.000000190. The number of halogens is 1. The van der Waals surface area contributed by atoms with Crippen molar-refractivity contribution in [3.05, 3.63) is 140 Å².